The number of carboxylic acid groups (broad SMARTS) is 1. The van der Waals surface area contributed by atoms with Crippen LogP contribution in [0.5, 0.6) is 0 Å². The van der Waals surface area contributed by atoms with E-state index in [4.69, 9.17) is 4.98 Å². The molecule has 0 unspecified atom stereocenters. The summed E-state index contributed by atoms with van der Waals surface area (Å²) in [6.07, 6.45) is 0.315. The third kappa shape index (κ3) is 2.81. The zero-order valence-corrected chi connectivity index (χ0v) is 16.8. The molecule has 0 saturated heterocycles. The summed E-state index contributed by atoms with van der Waals surface area (Å²) in [4.78, 5) is 19.5. The molecule has 0 atom stereocenters. The topological polar surface area (TPSA) is 100 Å². The summed E-state index contributed by atoms with van der Waals surface area (Å²) in [6, 6.07) is 12.4. The summed E-state index contributed by atoms with van der Waals surface area (Å²) >= 11 is 0. The van der Waals surface area contributed by atoms with Crippen LogP contribution in [0.1, 0.15) is 39.3 Å². The van der Waals surface area contributed by atoms with E-state index in [1.54, 1.807) is 12.1 Å². The summed E-state index contributed by atoms with van der Waals surface area (Å²) in [5, 5.41) is 10.1. The Bertz CT molecular complexity index is 1200. The van der Waals surface area contributed by atoms with Gasteiger partial charge in [0.15, 0.2) is 14.6 Å². The Balaban J connectivity index is 1.77. The molecule has 2 aromatic heterocycles. The summed E-state index contributed by atoms with van der Waals surface area (Å²) in [5.74, 6) is -1.27. The highest BCUT2D eigenvalue weighted by atomic mass is 32.2. The predicted molar refractivity (Wildman–Crippen MR) is 107 cm³/mol. The lowest BCUT2D eigenvalue weighted by atomic mass is 9.91. The highest BCUT2D eigenvalue weighted by molar-refractivity contribution is 7.94. The summed E-state index contributed by atoms with van der Waals surface area (Å²) in [6.45, 7) is 6.28. The van der Waals surface area contributed by atoms with Crippen LogP contribution in [-0.2, 0) is 20.0 Å². The molecule has 1 aliphatic rings. The molecule has 0 amide bonds. The van der Waals surface area contributed by atoms with Gasteiger partial charge in [-0.25, -0.2) is 8.42 Å². The molecule has 146 valence electrons. The van der Waals surface area contributed by atoms with E-state index in [2.05, 4.69) is 25.8 Å². The molecule has 0 bridgehead atoms. The number of nitrogens with one attached hydrogen (secondary N) is 1. The number of hydrogen-bond acceptors (Lipinski definition) is 4. The van der Waals surface area contributed by atoms with Crippen molar-refractivity contribution >= 4 is 26.7 Å². The van der Waals surface area contributed by atoms with E-state index in [1.807, 2.05) is 24.3 Å². The molecular formula is C21H22N2O4S. The van der Waals surface area contributed by atoms with Gasteiger partial charge in [0.05, 0.1) is 16.3 Å². The highest BCUT2D eigenvalue weighted by Crippen LogP contribution is 2.47. The Morgan fingerprint density at radius 3 is 2.46 bits per heavy atom. The normalized spacial score (nSPS) is 16.2. The van der Waals surface area contributed by atoms with Crippen LogP contribution < -0.4 is 0 Å². The molecule has 1 fully saturated rings. The average molecular weight is 398 g/mol. The van der Waals surface area contributed by atoms with Gasteiger partial charge >= 0.3 is 5.97 Å². The quantitative estimate of drug-likeness (QED) is 0.694. The Kier molecular flexibility index (Phi) is 3.94. The highest BCUT2D eigenvalue weighted by Gasteiger charge is 2.61. The summed E-state index contributed by atoms with van der Waals surface area (Å²) in [7, 11) is -3.93. The van der Waals surface area contributed by atoms with Crippen molar-refractivity contribution in [1.29, 1.82) is 0 Å². The van der Waals surface area contributed by atoms with Gasteiger partial charge in [0.1, 0.15) is 0 Å². The lowest BCUT2D eigenvalue weighted by molar-refractivity contribution is -0.137. The van der Waals surface area contributed by atoms with Crippen molar-refractivity contribution in [3.63, 3.8) is 0 Å². The van der Waals surface area contributed by atoms with Crippen molar-refractivity contribution < 1.29 is 18.3 Å². The van der Waals surface area contributed by atoms with E-state index < -0.39 is 20.6 Å². The number of aliphatic carboxylic acids is 1. The van der Waals surface area contributed by atoms with E-state index in [-0.39, 0.29) is 23.2 Å². The van der Waals surface area contributed by atoms with Gasteiger partial charge in [0.2, 0.25) is 0 Å². The number of carbonyl (C=O) groups is 1. The van der Waals surface area contributed by atoms with E-state index >= 15 is 0 Å². The molecule has 1 aromatic carbocycles. The molecule has 2 N–H and O–H groups in total. The third-order valence-corrected chi connectivity index (χ3v) is 7.79. The second-order valence-electron chi connectivity index (χ2n) is 8.39. The van der Waals surface area contributed by atoms with E-state index in [9.17, 15) is 18.3 Å². The zero-order valence-electron chi connectivity index (χ0n) is 16.0. The first-order valence-corrected chi connectivity index (χ1v) is 10.6. The van der Waals surface area contributed by atoms with Crippen molar-refractivity contribution in [3.05, 3.63) is 48.2 Å². The van der Waals surface area contributed by atoms with Crippen LogP contribution in [0.4, 0.5) is 0 Å². The van der Waals surface area contributed by atoms with Crippen molar-refractivity contribution in [1.82, 2.24) is 9.97 Å². The summed E-state index contributed by atoms with van der Waals surface area (Å²) < 4.78 is 24.0. The van der Waals surface area contributed by atoms with Gasteiger partial charge in [-0.05, 0) is 49.2 Å². The largest absolute Gasteiger partial charge is 0.480 e. The number of carboxylic acids is 1. The smallest absolute Gasteiger partial charge is 0.325 e. The fourth-order valence-corrected chi connectivity index (χ4v) is 5.20. The number of hydrogen-bond donors (Lipinski definition) is 2. The maximum absolute atomic E-state index is 12.8. The summed E-state index contributed by atoms with van der Waals surface area (Å²) in [5.41, 5.74) is 3.21. The van der Waals surface area contributed by atoms with Crippen molar-refractivity contribution in [3.8, 4) is 11.4 Å². The monoisotopic (exact) mass is 398 g/mol. The second-order valence-corrected chi connectivity index (χ2v) is 10.7. The molecule has 28 heavy (non-hydrogen) atoms. The lowest BCUT2D eigenvalue weighted by Gasteiger charge is -2.18. The van der Waals surface area contributed by atoms with Crippen molar-refractivity contribution in [2.45, 2.75) is 48.7 Å². The van der Waals surface area contributed by atoms with Crippen molar-refractivity contribution in [2.75, 3.05) is 0 Å². The van der Waals surface area contributed by atoms with Crippen LogP contribution in [0.25, 0.3) is 22.3 Å². The molecule has 3 aromatic rings. The zero-order chi connectivity index (χ0) is 20.3. The lowest BCUT2D eigenvalue weighted by Crippen LogP contribution is -2.32. The Morgan fingerprint density at radius 2 is 1.86 bits per heavy atom. The van der Waals surface area contributed by atoms with Gasteiger partial charge in [-0.1, -0.05) is 26.8 Å². The fourth-order valence-electron chi connectivity index (χ4n) is 3.35. The minimum atomic E-state index is -3.93. The molecule has 2 heterocycles. The number of rotatable bonds is 4. The minimum Gasteiger partial charge on any atom is -0.480 e. The first-order valence-electron chi connectivity index (χ1n) is 9.13. The Morgan fingerprint density at radius 1 is 1.14 bits per heavy atom. The number of aromatic amines is 1. The first-order chi connectivity index (χ1) is 13.0. The number of benzene rings is 1. The fraction of sp³-hybridized carbons (Fsp3) is 0.333. The van der Waals surface area contributed by atoms with E-state index in [0.717, 1.165) is 22.6 Å². The van der Waals surface area contributed by atoms with Crippen LogP contribution in [0.15, 0.2) is 47.4 Å². The van der Waals surface area contributed by atoms with Gasteiger partial charge in [-0.15, -0.1) is 0 Å². The molecule has 0 aliphatic heterocycles. The standard InChI is InChI=1S/C21H22N2O4S/c1-20(2,3)18-6-4-5-16(23-18)17-12-13-11-14(7-8-15(13)22-17)28(26,27)21(9-10-21)19(24)25/h4-8,11-12,22H,9-10H2,1-3H3,(H,24,25). The van der Waals surface area contributed by atoms with Gasteiger partial charge in [-0.2, -0.15) is 0 Å². The van der Waals surface area contributed by atoms with Gasteiger partial charge in [0, 0.05) is 22.0 Å². The predicted octanol–water partition coefficient (Wildman–Crippen LogP) is 3.92. The molecule has 7 heteroatoms. The first kappa shape index (κ1) is 18.7. The maximum atomic E-state index is 12.8. The van der Waals surface area contributed by atoms with Gasteiger partial charge in [-0.3, -0.25) is 9.78 Å². The number of nitrogens with zero attached hydrogens (tertiary/aromatic N) is 1. The molecular weight excluding hydrogens is 376 g/mol. The molecule has 4 rings (SSSR count). The van der Waals surface area contributed by atoms with E-state index in [0.29, 0.717) is 5.39 Å². The van der Waals surface area contributed by atoms with Gasteiger partial charge in [0.25, 0.3) is 0 Å². The number of fused-ring (bicyclic) bond motifs is 1. The molecule has 0 spiro atoms. The second kappa shape index (κ2) is 5.91. The molecule has 6 nitrogen and oxygen atoms in total. The van der Waals surface area contributed by atoms with Crippen molar-refractivity contribution in [2.24, 2.45) is 0 Å². The SMILES string of the molecule is CC(C)(C)c1cccc(-c2cc3cc(S(=O)(=O)C4(C(=O)O)CC4)ccc3[nH]2)n1. The van der Waals surface area contributed by atoms with Crippen LogP contribution >= 0.6 is 0 Å². The minimum absolute atomic E-state index is 0.0434. The number of H-pyrrole nitrogens is 1. The number of aromatic nitrogens is 2. The van der Waals surface area contributed by atoms with E-state index in [1.165, 1.54) is 6.07 Å². The Hall–Kier alpha value is -2.67. The van der Waals surface area contributed by atoms with Gasteiger partial charge < -0.3 is 10.1 Å². The maximum Gasteiger partial charge on any atom is 0.325 e. The number of sulfone groups is 1. The molecule has 1 saturated carbocycles. The third-order valence-electron chi connectivity index (χ3n) is 5.30. The Labute approximate surface area is 163 Å². The van der Waals surface area contributed by atoms with Crippen LogP contribution in [0.2, 0.25) is 0 Å². The average Bonchev–Trinajstić information content (AvgIpc) is 3.35. The van der Waals surface area contributed by atoms with Crippen LogP contribution in [0, 0.1) is 0 Å². The molecule has 0 radical (unpaired) electrons. The molecule has 1 aliphatic carbocycles. The van der Waals surface area contributed by atoms with Crippen LogP contribution in [0.3, 0.4) is 0 Å². The number of pyridine rings is 1. The van der Waals surface area contributed by atoms with Crippen LogP contribution in [-0.4, -0.2) is 34.2 Å².